The van der Waals surface area contributed by atoms with Crippen LogP contribution in [0.25, 0.3) is 10.9 Å². The number of hydrogen-bond donors (Lipinski definition) is 2. The van der Waals surface area contributed by atoms with Crippen LogP contribution < -0.4 is 5.73 Å². The van der Waals surface area contributed by atoms with Crippen molar-refractivity contribution in [3.05, 3.63) is 35.5 Å². The fraction of sp³-hybridized carbons (Fsp3) is 0.400. The second-order valence-corrected chi connectivity index (χ2v) is 5.32. The summed E-state index contributed by atoms with van der Waals surface area (Å²) in [7, 11) is 0. The first-order chi connectivity index (χ1) is 9.16. The van der Waals surface area contributed by atoms with Gasteiger partial charge >= 0.3 is 6.09 Å². The van der Waals surface area contributed by atoms with Gasteiger partial charge in [-0.2, -0.15) is 0 Å². The highest BCUT2D eigenvalue weighted by atomic mass is 16.5. The minimum Gasteiger partial charge on any atom is -0.449 e. The van der Waals surface area contributed by atoms with Gasteiger partial charge in [0.1, 0.15) is 0 Å². The highest BCUT2D eigenvalue weighted by molar-refractivity contribution is 5.85. The smallest absolute Gasteiger partial charge is 0.404 e. The summed E-state index contributed by atoms with van der Waals surface area (Å²) in [4.78, 5) is 14.2. The van der Waals surface area contributed by atoms with Gasteiger partial charge in [-0.05, 0) is 36.3 Å². The molecule has 1 amide bonds. The molecule has 0 bridgehead atoms. The number of amides is 1. The molecule has 4 nitrogen and oxygen atoms in total. The first-order valence-corrected chi connectivity index (χ1v) is 6.68. The number of benzene rings is 1. The summed E-state index contributed by atoms with van der Waals surface area (Å²) in [6.07, 6.45) is 1.48. The van der Waals surface area contributed by atoms with Crippen molar-refractivity contribution in [2.24, 2.45) is 11.7 Å². The van der Waals surface area contributed by atoms with E-state index in [1.54, 1.807) is 0 Å². The van der Waals surface area contributed by atoms with Crippen LogP contribution in [0.4, 0.5) is 4.79 Å². The lowest BCUT2D eigenvalue weighted by Crippen LogP contribution is -2.20. The van der Waals surface area contributed by atoms with Crippen molar-refractivity contribution in [2.45, 2.75) is 25.7 Å². The van der Waals surface area contributed by atoms with Gasteiger partial charge in [0.2, 0.25) is 0 Å². The molecule has 0 spiro atoms. The molecule has 0 saturated carbocycles. The maximum atomic E-state index is 10.7. The highest BCUT2D eigenvalue weighted by Crippen LogP contribution is 2.42. The number of ether oxygens (including phenoxy) is 1. The van der Waals surface area contributed by atoms with Gasteiger partial charge in [0.15, 0.2) is 0 Å². The van der Waals surface area contributed by atoms with Crippen LogP contribution in [0, 0.1) is 5.92 Å². The van der Waals surface area contributed by atoms with Gasteiger partial charge in [-0.15, -0.1) is 0 Å². The Kier molecular flexibility index (Phi) is 2.93. The molecule has 3 N–H and O–H groups in total. The van der Waals surface area contributed by atoms with Crippen molar-refractivity contribution in [1.82, 2.24) is 4.98 Å². The lowest BCUT2D eigenvalue weighted by Gasteiger charge is -2.19. The average Bonchev–Trinajstić information content (AvgIpc) is 2.94. The van der Waals surface area contributed by atoms with E-state index >= 15 is 0 Å². The Morgan fingerprint density at radius 2 is 2.32 bits per heavy atom. The molecule has 0 saturated heterocycles. The van der Waals surface area contributed by atoms with Crippen LogP contribution in [-0.4, -0.2) is 17.7 Å². The van der Waals surface area contributed by atoms with E-state index in [1.165, 1.54) is 22.2 Å². The summed E-state index contributed by atoms with van der Waals surface area (Å²) < 4.78 is 4.95. The molecule has 2 unspecified atom stereocenters. The number of aromatic nitrogens is 1. The van der Waals surface area contributed by atoms with E-state index in [0.29, 0.717) is 12.5 Å². The number of hydrogen-bond acceptors (Lipinski definition) is 2. The number of H-pyrrole nitrogens is 1. The predicted molar refractivity (Wildman–Crippen MR) is 74.1 cm³/mol. The first kappa shape index (κ1) is 12.1. The maximum absolute atomic E-state index is 10.7. The fourth-order valence-corrected chi connectivity index (χ4v) is 3.18. The number of nitrogens with one attached hydrogen (secondary N) is 1. The molecule has 1 aliphatic carbocycles. The molecule has 2 atom stereocenters. The summed E-state index contributed by atoms with van der Waals surface area (Å²) in [6.45, 7) is 2.50. The largest absolute Gasteiger partial charge is 0.449 e. The molecule has 0 aliphatic heterocycles. The third-order valence-corrected chi connectivity index (χ3v) is 4.08. The fourth-order valence-electron chi connectivity index (χ4n) is 3.18. The van der Waals surface area contributed by atoms with Crippen LogP contribution in [0.3, 0.4) is 0 Å². The van der Waals surface area contributed by atoms with E-state index in [9.17, 15) is 4.79 Å². The number of carbonyl (C=O) groups is 1. The van der Waals surface area contributed by atoms with E-state index in [0.717, 1.165) is 12.8 Å². The minimum atomic E-state index is -0.691. The van der Waals surface area contributed by atoms with Crippen LogP contribution in [0.1, 0.15) is 30.5 Å². The lowest BCUT2D eigenvalue weighted by atomic mass is 9.88. The van der Waals surface area contributed by atoms with Gasteiger partial charge in [-0.1, -0.05) is 25.1 Å². The predicted octanol–water partition coefficient (Wildman–Crippen LogP) is 2.93. The second kappa shape index (κ2) is 4.61. The number of rotatable bonds is 3. The number of primary amides is 1. The number of fused-ring (bicyclic) bond motifs is 3. The molecule has 3 rings (SSSR count). The minimum absolute atomic E-state index is 0.285. The Morgan fingerprint density at radius 3 is 3.11 bits per heavy atom. The van der Waals surface area contributed by atoms with Gasteiger partial charge in [0, 0.05) is 16.6 Å². The Labute approximate surface area is 111 Å². The molecule has 4 heteroatoms. The highest BCUT2D eigenvalue weighted by Gasteiger charge is 2.31. The van der Waals surface area contributed by atoms with Crippen molar-refractivity contribution in [3.8, 4) is 0 Å². The summed E-state index contributed by atoms with van der Waals surface area (Å²) in [5.74, 6) is 0.721. The van der Waals surface area contributed by atoms with E-state index in [4.69, 9.17) is 10.5 Å². The van der Waals surface area contributed by atoms with Crippen molar-refractivity contribution < 1.29 is 9.53 Å². The summed E-state index contributed by atoms with van der Waals surface area (Å²) in [6, 6.07) is 8.37. The van der Waals surface area contributed by atoms with Crippen LogP contribution in [0.5, 0.6) is 0 Å². The average molecular weight is 258 g/mol. The molecule has 1 aromatic heterocycles. The molecule has 1 heterocycles. The monoisotopic (exact) mass is 258 g/mol. The SMILES string of the molecule is CC(COC(N)=O)C1CCc2[nH]c3ccccc3c21. The summed E-state index contributed by atoms with van der Waals surface area (Å²) in [5.41, 5.74) is 8.96. The van der Waals surface area contributed by atoms with Crippen LogP contribution in [0.15, 0.2) is 24.3 Å². The van der Waals surface area contributed by atoms with Crippen LogP contribution >= 0.6 is 0 Å². The molecule has 1 aromatic carbocycles. The quantitative estimate of drug-likeness (QED) is 0.888. The van der Waals surface area contributed by atoms with Gasteiger partial charge in [0.05, 0.1) is 6.61 Å². The number of aromatic amines is 1. The van der Waals surface area contributed by atoms with Crippen molar-refractivity contribution in [3.63, 3.8) is 0 Å². The van der Waals surface area contributed by atoms with Gasteiger partial charge < -0.3 is 15.5 Å². The Hall–Kier alpha value is -1.97. The molecule has 19 heavy (non-hydrogen) atoms. The third kappa shape index (κ3) is 2.07. The van der Waals surface area contributed by atoms with Crippen LogP contribution in [0.2, 0.25) is 0 Å². The topological polar surface area (TPSA) is 68.1 Å². The second-order valence-electron chi connectivity index (χ2n) is 5.32. The van der Waals surface area contributed by atoms with Crippen molar-refractivity contribution in [1.29, 1.82) is 0 Å². The molecule has 100 valence electrons. The van der Waals surface area contributed by atoms with Crippen molar-refractivity contribution >= 4 is 17.0 Å². The molecule has 0 fully saturated rings. The van der Waals surface area contributed by atoms with E-state index in [2.05, 4.69) is 30.1 Å². The Balaban J connectivity index is 1.90. The standard InChI is InChI=1S/C15H18N2O2/c1-9(8-19-15(16)18)10-6-7-13-14(10)11-4-2-3-5-12(11)17-13/h2-5,9-10,17H,6-8H2,1H3,(H2,16,18). The molecular weight excluding hydrogens is 240 g/mol. The zero-order valence-corrected chi connectivity index (χ0v) is 11.0. The zero-order chi connectivity index (χ0) is 13.4. The third-order valence-electron chi connectivity index (χ3n) is 4.08. The number of carbonyl (C=O) groups excluding carboxylic acids is 1. The molecule has 1 aliphatic rings. The Bertz CT molecular complexity index is 618. The number of nitrogens with two attached hydrogens (primary N) is 1. The number of para-hydroxylation sites is 1. The summed E-state index contributed by atoms with van der Waals surface area (Å²) >= 11 is 0. The normalized spacial score (nSPS) is 19.3. The number of aryl methyl sites for hydroxylation is 1. The molecule has 0 radical (unpaired) electrons. The van der Waals surface area contributed by atoms with E-state index in [1.807, 2.05) is 6.07 Å². The van der Waals surface area contributed by atoms with Crippen molar-refractivity contribution in [2.75, 3.05) is 6.61 Å². The van der Waals surface area contributed by atoms with Gasteiger partial charge in [-0.25, -0.2) is 4.79 Å². The zero-order valence-electron chi connectivity index (χ0n) is 11.0. The van der Waals surface area contributed by atoms with Gasteiger partial charge in [-0.3, -0.25) is 0 Å². The van der Waals surface area contributed by atoms with Gasteiger partial charge in [0.25, 0.3) is 0 Å². The van der Waals surface area contributed by atoms with Crippen LogP contribution in [-0.2, 0) is 11.2 Å². The molecule has 2 aromatic rings. The summed E-state index contributed by atoms with van der Waals surface area (Å²) in [5, 5.41) is 1.30. The first-order valence-electron chi connectivity index (χ1n) is 6.68. The Morgan fingerprint density at radius 1 is 1.53 bits per heavy atom. The molecular formula is C15H18N2O2. The van der Waals surface area contributed by atoms with E-state index < -0.39 is 6.09 Å². The maximum Gasteiger partial charge on any atom is 0.404 e. The lowest BCUT2D eigenvalue weighted by molar-refractivity contribution is 0.133. The van der Waals surface area contributed by atoms with E-state index in [-0.39, 0.29) is 5.92 Å².